The SMILES string of the molecule is C[C@@H]1CNC(=O)c2cc3ccc(C(=O)Cc4cnn(Cc5ccc(NC(=O)OC(C)(C)C)cc5)c4)nc3n21. The first-order chi connectivity index (χ1) is 18.1. The molecule has 0 radical (unpaired) electrons. The van der Waals surface area contributed by atoms with Gasteiger partial charge in [0.15, 0.2) is 5.78 Å². The zero-order chi connectivity index (χ0) is 27.0. The van der Waals surface area contributed by atoms with E-state index in [-0.39, 0.29) is 24.2 Å². The molecule has 10 nitrogen and oxygen atoms in total. The molecule has 10 heteroatoms. The number of amides is 2. The third-order valence-corrected chi connectivity index (χ3v) is 6.20. The van der Waals surface area contributed by atoms with Gasteiger partial charge in [0.1, 0.15) is 22.6 Å². The number of aromatic nitrogens is 4. The molecule has 0 spiro atoms. The summed E-state index contributed by atoms with van der Waals surface area (Å²) in [4.78, 5) is 41.8. The minimum Gasteiger partial charge on any atom is -0.444 e. The predicted octanol–water partition coefficient (Wildman–Crippen LogP) is 4.36. The first kappa shape index (κ1) is 25.2. The van der Waals surface area contributed by atoms with Crippen molar-refractivity contribution >= 4 is 34.5 Å². The second kappa shape index (κ2) is 9.77. The molecule has 1 aliphatic heterocycles. The number of carbonyl (C=O) groups is 3. The standard InChI is InChI=1S/C28H30N6O4/c1-17-13-29-26(36)23-12-20-7-10-22(32-25(20)34(17)23)24(35)11-19-14-30-33(16-19)15-18-5-8-21(9-6-18)31-27(37)38-28(2,3)4/h5-10,12,14,16-17H,11,13,15H2,1-4H3,(H,29,36)(H,31,37)/t17-/m1/s1. The molecule has 1 atom stereocenters. The molecule has 0 saturated heterocycles. The Balaban J connectivity index is 1.23. The van der Waals surface area contributed by atoms with Gasteiger partial charge >= 0.3 is 6.09 Å². The number of nitrogens with zero attached hydrogens (tertiary/aromatic N) is 4. The van der Waals surface area contributed by atoms with Gasteiger partial charge in [0.05, 0.1) is 18.8 Å². The Bertz CT molecular complexity index is 1530. The minimum atomic E-state index is -0.565. The lowest BCUT2D eigenvalue weighted by Gasteiger charge is -2.23. The zero-order valence-electron chi connectivity index (χ0n) is 21.8. The summed E-state index contributed by atoms with van der Waals surface area (Å²) in [6.45, 7) is 8.49. The highest BCUT2D eigenvalue weighted by Gasteiger charge is 2.25. The van der Waals surface area contributed by atoms with Gasteiger partial charge in [-0.25, -0.2) is 9.78 Å². The van der Waals surface area contributed by atoms with Crippen molar-refractivity contribution in [2.24, 2.45) is 0 Å². The molecular weight excluding hydrogens is 484 g/mol. The van der Waals surface area contributed by atoms with E-state index in [4.69, 9.17) is 4.74 Å². The van der Waals surface area contributed by atoms with Gasteiger partial charge in [-0.3, -0.25) is 19.6 Å². The van der Waals surface area contributed by atoms with E-state index in [0.717, 1.165) is 16.5 Å². The number of hydrogen-bond acceptors (Lipinski definition) is 6. The molecule has 2 N–H and O–H groups in total. The van der Waals surface area contributed by atoms with E-state index < -0.39 is 11.7 Å². The predicted molar refractivity (Wildman–Crippen MR) is 142 cm³/mol. The van der Waals surface area contributed by atoms with Gasteiger partial charge in [-0.1, -0.05) is 12.1 Å². The maximum absolute atomic E-state index is 13.0. The number of anilines is 1. The number of pyridine rings is 1. The fourth-order valence-corrected chi connectivity index (χ4v) is 4.46. The van der Waals surface area contributed by atoms with Crippen molar-refractivity contribution in [2.45, 2.75) is 52.3 Å². The molecular formula is C28H30N6O4. The van der Waals surface area contributed by atoms with Gasteiger partial charge in [0.2, 0.25) is 0 Å². The van der Waals surface area contributed by atoms with E-state index in [1.54, 1.807) is 29.1 Å². The lowest BCUT2D eigenvalue weighted by Crippen LogP contribution is -2.37. The lowest BCUT2D eigenvalue weighted by atomic mass is 10.1. The number of hydrogen-bond donors (Lipinski definition) is 2. The molecule has 2 amide bonds. The molecule has 4 heterocycles. The van der Waals surface area contributed by atoms with Crippen LogP contribution in [-0.2, 0) is 17.7 Å². The molecule has 196 valence electrons. The summed E-state index contributed by atoms with van der Waals surface area (Å²) in [6.07, 6.45) is 3.19. The maximum atomic E-state index is 13.0. The topological polar surface area (TPSA) is 120 Å². The highest BCUT2D eigenvalue weighted by atomic mass is 16.6. The van der Waals surface area contributed by atoms with Crippen LogP contribution in [0.25, 0.3) is 11.0 Å². The van der Waals surface area contributed by atoms with Crippen molar-refractivity contribution in [2.75, 3.05) is 11.9 Å². The number of ether oxygens (including phenoxy) is 1. The number of rotatable bonds is 6. The van der Waals surface area contributed by atoms with Crippen molar-refractivity contribution in [3.8, 4) is 0 Å². The van der Waals surface area contributed by atoms with Crippen molar-refractivity contribution in [3.05, 3.63) is 77.4 Å². The highest BCUT2D eigenvalue weighted by Crippen LogP contribution is 2.26. The normalized spacial score (nSPS) is 15.2. The second-order valence-electron chi connectivity index (χ2n) is 10.5. The van der Waals surface area contributed by atoms with Crippen LogP contribution >= 0.6 is 0 Å². The number of nitrogens with one attached hydrogen (secondary N) is 2. The lowest BCUT2D eigenvalue weighted by molar-refractivity contribution is 0.0635. The maximum Gasteiger partial charge on any atom is 0.412 e. The average molecular weight is 515 g/mol. The van der Waals surface area contributed by atoms with Crippen molar-refractivity contribution in [1.29, 1.82) is 0 Å². The van der Waals surface area contributed by atoms with Gasteiger partial charge in [0, 0.05) is 30.2 Å². The summed E-state index contributed by atoms with van der Waals surface area (Å²) in [7, 11) is 0. The van der Waals surface area contributed by atoms with Gasteiger partial charge < -0.3 is 14.6 Å². The molecule has 0 saturated carbocycles. The molecule has 5 rings (SSSR count). The van der Waals surface area contributed by atoms with Crippen molar-refractivity contribution in [3.63, 3.8) is 0 Å². The van der Waals surface area contributed by atoms with Crippen LogP contribution in [0.2, 0.25) is 0 Å². The number of ketones is 1. The molecule has 3 aromatic heterocycles. The van der Waals surface area contributed by atoms with Crippen LogP contribution in [0.4, 0.5) is 10.5 Å². The van der Waals surface area contributed by atoms with Crippen LogP contribution < -0.4 is 10.6 Å². The van der Waals surface area contributed by atoms with E-state index in [1.807, 2.05) is 62.7 Å². The molecule has 1 aromatic carbocycles. The number of benzene rings is 1. The van der Waals surface area contributed by atoms with E-state index in [9.17, 15) is 14.4 Å². The summed E-state index contributed by atoms with van der Waals surface area (Å²) in [5, 5.41) is 10.8. The quantitative estimate of drug-likeness (QED) is 0.369. The Kier molecular flexibility index (Phi) is 6.48. The Morgan fingerprint density at radius 2 is 1.89 bits per heavy atom. The molecule has 0 bridgehead atoms. The molecule has 4 aromatic rings. The number of carbonyl (C=O) groups excluding carboxylic acids is 3. The van der Waals surface area contributed by atoms with E-state index in [1.165, 1.54) is 0 Å². The third-order valence-electron chi connectivity index (χ3n) is 6.20. The van der Waals surface area contributed by atoms with Gasteiger partial charge in [0.25, 0.3) is 5.91 Å². The number of fused-ring (bicyclic) bond motifs is 3. The van der Waals surface area contributed by atoms with Crippen LogP contribution in [0.15, 0.2) is 54.9 Å². The fourth-order valence-electron chi connectivity index (χ4n) is 4.46. The van der Waals surface area contributed by atoms with Crippen LogP contribution in [0, 0.1) is 0 Å². The summed E-state index contributed by atoms with van der Waals surface area (Å²) in [5.41, 5.74) is 3.41. The molecule has 0 fully saturated rings. The average Bonchev–Trinajstić information content (AvgIpc) is 3.46. The smallest absolute Gasteiger partial charge is 0.412 e. The van der Waals surface area contributed by atoms with Crippen LogP contribution in [0.5, 0.6) is 0 Å². The second-order valence-corrected chi connectivity index (χ2v) is 10.5. The Hall–Kier alpha value is -4.47. The van der Waals surface area contributed by atoms with Crippen LogP contribution in [0.1, 0.15) is 65.8 Å². The minimum absolute atomic E-state index is 0.0541. The Labute approximate surface area is 220 Å². The van der Waals surface area contributed by atoms with Crippen molar-refractivity contribution in [1.82, 2.24) is 24.6 Å². The van der Waals surface area contributed by atoms with Crippen LogP contribution in [-0.4, -0.2) is 49.3 Å². The van der Waals surface area contributed by atoms with Crippen molar-refractivity contribution < 1.29 is 19.1 Å². The summed E-state index contributed by atoms with van der Waals surface area (Å²) in [6, 6.07) is 12.8. The monoisotopic (exact) mass is 514 g/mol. The molecule has 0 unspecified atom stereocenters. The highest BCUT2D eigenvalue weighted by molar-refractivity contribution is 6.01. The Morgan fingerprint density at radius 1 is 1.13 bits per heavy atom. The fraction of sp³-hybridized carbons (Fsp3) is 0.321. The largest absolute Gasteiger partial charge is 0.444 e. The van der Waals surface area contributed by atoms with Crippen LogP contribution in [0.3, 0.4) is 0 Å². The van der Waals surface area contributed by atoms with E-state index >= 15 is 0 Å². The van der Waals surface area contributed by atoms with E-state index in [2.05, 4.69) is 20.7 Å². The van der Waals surface area contributed by atoms with Gasteiger partial charge in [-0.15, -0.1) is 0 Å². The summed E-state index contributed by atoms with van der Waals surface area (Å²) >= 11 is 0. The van der Waals surface area contributed by atoms with Gasteiger partial charge in [-0.05, 0) is 69.2 Å². The number of Topliss-reactive ketones (excluding diaryl/α,β-unsaturated/α-hetero) is 1. The van der Waals surface area contributed by atoms with Gasteiger partial charge in [-0.2, -0.15) is 5.10 Å². The molecule has 0 aliphatic carbocycles. The summed E-state index contributed by atoms with van der Waals surface area (Å²) in [5.74, 6) is -0.247. The molecule has 1 aliphatic rings. The third kappa shape index (κ3) is 5.44. The first-order valence-corrected chi connectivity index (χ1v) is 12.5. The Morgan fingerprint density at radius 3 is 2.63 bits per heavy atom. The summed E-state index contributed by atoms with van der Waals surface area (Å²) < 4.78 is 8.93. The van der Waals surface area contributed by atoms with E-state index in [0.29, 0.717) is 35.8 Å². The molecule has 38 heavy (non-hydrogen) atoms. The zero-order valence-corrected chi connectivity index (χ0v) is 21.8. The first-order valence-electron chi connectivity index (χ1n) is 12.5.